The van der Waals surface area contributed by atoms with E-state index < -0.39 is 6.04 Å². The molecule has 3 N–H and O–H groups in total. The zero-order valence-corrected chi connectivity index (χ0v) is 21.7. The first-order valence-corrected chi connectivity index (χ1v) is 14.0. The van der Waals surface area contributed by atoms with Crippen LogP contribution in [0.4, 0.5) is 4.79 Å². The van der Waals surface area contributed by atoms with E-state index in [1.807, 2.05) is 32.9 Å². The molecule has 0 aromatic heterocycles. The van der Waals surface area contributed by atoms with E-state index in [0.29, 0.717) is 32.2 Å². The van der Waals surface area contributed by atoms with Crippen LogP contribution in [-0.4, -0.2) is 108 Å². The lowest BCUT2D eigenvalue weighted by atomic mass is 9.99. The van der Waals surface area contributed by atoms with Crippen LogP contribution in [0.2, 0.25) is 0 Å². The molecule has 4 amide bonds. The Morgan fingerprint density at radius 3 is 2.22 bits per heavy atom. The molecule has 200 valence electrons. The predicted octanol–water partition coefficient (Wildman–Crippen LogP) is 1.70. The van der Waals surface area contributed by atoms with E-state index in [9.17, 15) is 14.4 Å². The van der Waals surface area contributed by atoms with E-state index in [1.165, 1.54) is 32.4 Å². The average molecular weight is 501 g/mol. The Balaban J connectivity index is 1.20. The van der Waals surface area contributed by atoms with Crippen molar-refractivity contribution in [1.29, 1.82) is 0 Å². The van der Waals surface area contributed by atoms with Gasteiger partial charge in [0.1, 0.15) is 0 Å². The van der Waals surface area contributed by atoms with Crippen LogP contribution >= 0.6 is 0 Å². The number of nitrogens with one attached hydrogen (secondary N) is 1. The molecule has 3 saturated heterocycles. The summed E-state index contributed by atoms with van der Waals surface area (Å²) < 4.78 is 0. The summed E-state index contributed by atoms with van der Waals surface area (Å²) in [5, 5.41) is 2.95. The van der Waals surface area contributed by atoms with Crippen molar-refractivity contribution in [2.45, 2.75) is 75.9 Å². The van der Waals surface area contributed by atoms with Gasteiger partial charge in [0.05, 0.1) is 12.5 Å². The summed E-state index contributed by atoms with van der Waals surface area (Å²) in [6.07, 6.45) is 16.2. The maximum atomic E-state index is 13.0. The Morgan fingerprint density at radius 1 is 0.861 bits per heavy atom. The van der Waals surface area contributed by atoms with Gasteiger partial charge in [-0.25, -0.2) is 4.79 Å². The molecule has 1 atom stereocenters. The van der Waals surface area contributed by atoms with E-state index >= 15 is 0 Å². The minimum Gasteiger partial charge on any atom is -0.342 e. The van der Waals surface area contributed by atoms with Crippen molar-refractivity contribution in [3.8, 4) is 0 Å². The summed E-state index contributed by atoms with van der Waals surface area (Å²) in [6.45, 7) is 6.18. The molecule has 0 unspecified atom stereocenters. The Labute approximate surface area is 215 Å². The lowest BCUT2D eigenvalue weighted by Crippen LogP contribution is -2.54. The first-order chi connectivity index (χ1) is 17.5. The number of hydrogen-bond donors (Lipinski definition) is 2. The van der Waals surface area contributed by atoms with Gasteiger partial charge in [0.25, 0.3) is 0 Å². The third kappa shape index (κ3) is 7.09. The molecule has 9 nitrogen and oxygen atoms in total. The van der Waals surface area contributed by atoms with Gasteiger partial charge >= 0.3 is 6.03 Å². The zero-order chi connectivity index (χ0) is 25.3. The Bertz CT molecular complexity index is 808. The average Bonchev–Trinajstić information content (AvgIpc) is 2.92. The molecular formula is C27H44N6O3. The number of piperidine rings is 3. The number of rotatable bonds is 5. The Hall–Kier alpha value is -2.39. The molecule has 3 fully saturated rings. The number of likely N-dealkylation sites (tertiary alicyclic amines) is 3. The van der Waals surface area contributed by atoms with Gasteiger partial charge < -0.3 is 30.7 Å². The molecule has 36 heavy (non-hydrogen) atoms. The quantitative estimate of drug-likeness (QED) is 0.598. The number of carbonyl (C=O) groups is 3. The summed E-state index contributed by atoms with van der Waals surface area (Å²) >= 11 is 0. The standard InChI is InChI=1S/C27H44N6O3/c28-24(26(35)32-19-9-22(10-20-32)30-14-6-4-7-15-30)21-25(34)31-17-11-23(12-18-31)33-16-8-3-1-2-5-13-29-27(33)36/h1-3,5,22-24H,4,6-21,28H2,(H,29,36)/b3-1-,5-2-/t24-/m0/s1. The lowest BCUT2D eigenvalue weighted by Gasteiger charge is -2.41. The molecule has 0 aromatic carbocycles. The number of carbonyl (C=O) groups excluding carboxylic acids is 3. The molecule has 4 aliphatic heterocycles. The van der Waals surface area contributed by atoms with E-state index in [1.54, 1.807) is 0 Å². The number of hydrogen-bond acceptors (Lipinski definition) is 5. The highest BCUT2D eigenvalue weighted by Crippen LogP contribution is 2.22. The molecule has 4 rings (SSSR count). The lowest BCUT2D eigenvalue weighted by molar-refractivity contribution is -0.140. The number of nitrogens with zero attached hydrogens (tertiary/aromatic N) is 4. The van der Waals surface area contributed by atoms with Crippen LogP contribution in [0.25, 0.3) is 0 Å². The van der Waals surface area contributed by atoms with Gasteiger partial charge in [-0.05, 0) is 58.0 Å². The highest BCUT2D eigenvalue weighted by Gasteiger charge is 2.33. The number of urea groups is 1. The van der Waals surface area contributed by atoms with Crippen LogP contribution in [0, 0.1) is 0 Å². The number of amides is 4. The first kappa shape index (κ1) is 26.7. The molecule has 0 aliphatic carbocycles. The normalized spacial score (nSPS) is 26.2. The van der Waals surface area contributed by atoms with Crippen molar-refractivity contribution in [3.05, 3.63) is 24.3 Å². The van der Waals surface area contributed by atoms with Gasteiger partial charge in [-0.15, -0.1) is 0 Å². The summed E-state index contributed by atoms with van der Waals surface area (Å²) in [5.74, 6) is -0.155. The van der Waals surface area contributed by atoms with E-state index in [-0.39, 0.29) is 30.3 Å². The van der Waals surface area contributed by atoms with Crippen molar-refractivity contribution in [1.82, 2.24) is 24.9 Å². The van der Waals surface area contributed by atoms with Crippen LogP contribution < -0.4 is 11.1 Å². The maximum absolute atomic E-state index is 13.0. The second kappa shape index (κ2) is 13.2. The van der Waals surface area contributed by atoms with Crippen molar-refractivity contribution in [2.75, 3.05) is 52.4 Å². The first-order valence-electron chi connectivity index (χ1n) is 14.0. The Morgan fingerprint density at radius 2 is 1.50 bits per heavy atom. The molecule has 0 bridgehead atoms. The van der Waals surface area contributed by atoms with Gasteiger partial charge in [-0.1, -0.05) is 30.7 Å². The second-order valence-electron chi connectivity index (χ2n) is 10.6. The minimum absolute atomic E-state index is 0.0450. The highest BCUT2D eigenvalue weighted by atomic mass is 16.2. The fourth-order valence-corrected chi connectivity index (χ4v) is 6.03. The number of nitrogens with two attached hydrogens (primary N) is 1. The van der Waals surface area contributed by atoms with Gasteiger partial charge in [-0.3, -0.25) is 9.59 Å². The summed E-state index contributed by atoms with van der Waals surface area (Å²) in [7, 11) is 0. The van der Waals surface area contributed by atoms with Crippen molar-refractivity contribution in [3.63, 3.8) is 0 Å². The monoisotopic (exact) mass is 500 g/mol. The van der Waals surface area contributed by atoms with Crippen LogP contribution in [-0.2, 0) is 9.59 Å². The van der Waals surface area contributed by atoms with Gasteiger partial charge in [0.15, 0.2) is 0 Å². The van der Waals surface area contributed by atoms with Gasteiger partial charge in [0.2, 0.25) is 11.8 Å². The molecule has 4 heterocycles. The molecule has 0 radical (unpaired) electrons. The van der Waals surface area contributed by atoms with E-state index in [2.05, 4.69) is 16.3 Å². The van der Waals surface area contributed by atoms with Crippen LogP contribution in [0.5, 0.6) is 0 Å². The number of allylic oxidation sites excluding steroid dienone is 2. The molecule has 0 spiro atoms. The third-order valence-corrected chi connectivity index (χ3v) is 8.20. The topological polar surface area (TPSA) is 102 Å². The van der Waals surface area contributed by atoms with Crippen molar-refractivity contribution < 1.29 is 14.4 Å². The molecular weight excluding hydrogens is 456 g/mol. The second-order valence-corrected chi connectivity index (χ2v) is 10.6. The summed E-state index contributed by atoms with van der Waals surface area (Å²) in [4.78, 5) is 46.7. The predicted molar refractivity (Wildman–Crippen MR) is 140 cm³/mol. The highest BCUT2D eigenvalue weighted by molar-refractivity contribution is 5.88. The van der Waals surface area contributed by atoms with E-state index in [0.717, 1.165) is 45.2 Å². The third-order valence-electron chi connectivity index (χ3n) is 8.20. The van der Waals surface area contributed by atoms with Crippen molar-refractivity contribution >= 4 is 17.8 Å². The largest absolute Gasteiger partial charge is 0.342 e. The molecule has 4 aliphatic rings. The smallest absolute Gasteiger partial charge is 0.317 e. The summed E-state index contributed by atoms with van der Waals surface area (Å²) in [5.41, 5.74) is 6.23. The Kier molecular flexibility index (Phi) is 9.81. The molecule has 9 heteroatoms. The van der Waals surface area contributed by atoms with Gasteiger partial charge in [0, 0.05) is 51.4 Å². The molecule has 0 saturated carbocycles. The molecule has 0 aromatic rings. The summed E-state index contributed by atoms with van der Waals surface area (Å²) in [6, 6.07) is -0.140. The minimum atomic E-state index is -0.783. The van der Waals surface area contributed by atoms with E-state index in [4.69, 9.17) is 5.73 Å². The fourth-order valence-electron chi connectivity index (χ4n) is 6.03. The maximum Gasteiger partial charge on any atom is 0.317 e. The van der Waals surface area contributed by atoms with Crippen LogP contribution in [0.15, 0.2) is 24.3 Å². The van der Waals surface area contributed by atoms with Crippen LogP contribution in [0.1, 0.15) is 57.8 Å². The van der Waals surface area contributed by atoms with Crippen LogP contribution in [0.3, 0.4) is 0 Å². The SMILES string of the molecule is N[C@@H](CC(=O)N1CCC(N2CC/C=C\C=C/CNC2=O)CC1)C(=O)N1CCC(N2CCCCC2)CC1. The van der Waals surface area contributed by atoms with Gasteiger partial charge in [-0.2, -0.15) is 0 Å². The fraction of sp³-hybridized carbons (Fsp3) is 0.741. The zero-order valence-electron chi connectivity index (χ0n) is 21.7. The van der Waals surface area contributed by atoms with Crippen molar-refractivity contribution in [2.24, 2.45) is 5.73 Å².